The zero-order valence-electron chi connectivity index (χ0n) is 6.95. The van der Waals surface area contributed by atoms with E-state index in [0.29, 0.717) is 33.3 Å². The van der Waals surface area contributed by atoms with Gasteiger partial charge in [-0.2, -0.15) is 0 Å². The van der Waals surface area contributed by atoms with Crippen molar-refractivity contribution in [3.63, 3.8) is 0 Å². The number of methoxy groups -OCH3 is 1. The van der Waals surface area contributed by atoms with Gasteiger partial charge in [-0.15, -0.1) is 0 Å². The first kappa shape index (κ1) is 10.7. The van der Waals surface area contributed by atoms with Crippen molar-refractivity contribution < 1.29 is 14.4 Å². The minimum atomic E-state index is -0.169. The predicted octanol–water partition coefficient (Wildman–Crippen LogP) is 2.41. The fourth-order valence-corrected chi connectivity index (χ4v) is 1.82. The molecule has 0 spiro atoms. The van der Waals surface area contributed by atoms with Gasteiger partial charge in [0.05, 0.1) is 18.6 Å². The van der Waals surface area contributed by atoms with E-state index in [2.05, 4.69) is 0 Å². The molecule has 0 fully saturated rings. The average Bonchev–Trinajstić information content (AvgIpc) is 2.16. The predicted molar refractivity (Wildman–Crippen MR) is 52.4 cm³/mol. The zero-order valence-corrected chi connectivity index (χ0v) is 8.52. The Labute approximate surface area is 85.5 Å². The van der Waals surface area contributed by atoms with E-state index >= 15 is 0 Å². The normalized spacial score (nSPS) is 10.2. The molecule has 0 amide bonds. The van der Waals surface area contributed by atoms with Crippen molar-refractivity contribution in [3.05, 3.63) is 22.7 Å². The third-order valence-corrected chi connectivity index (χ3v) is 2.29. The molecule has 0 heterocycles. The monoisotopic (exact) mass is 220 g/mol. The van der Waals surface area contributed by atoms with Gasteiger partial charge in [0, 0.05) is 22.6 Å². The van der Waals surface area contributed by atoms with Gasteiger partial charge in [0.1, 0.15) is 5.75 Å². The highest BCUT2D eigenvalue weighted by atomic mass is 35.5. The molecule has 0 unspecified atom stereocenters. The molecular formula is C8H9ClO3S. The fourth-order valence-electron chi connectivity index (χ4n) is 1.04. The van der Waals surface area contributed by atoms with Crippen LogP contribution in [-0.4, -0.2) is 16.8 Å². The highest BCUT2D eigenvalue weighted by Crippen LogP contribution is 2.34. The van der Waals surface area contributed by atoms with E-state index in [1.165, 1.54) is 7.11 Å². The summed E-state index contributed by atoms with van der Waals surface area (Å²) in [4.78, 5) is 0.499. The van der Waals surface area contributed by atoms with E-state index in [-0.39, 0.29) is 6.61 Å². The maximum Gasteiger partial charge on any atom is 0.140 e. The molecule has 5 heteroatoms. The van der Waals surface area contributed by atoms with Crippen LogP contribution in [0.2, 0.25) is 5.02 Å². The van der Waals surface area contributed by atoms with Crippen LogP contribution >= 0.6 is 23.6 Å². The molecule has 1 rings (SSSR count). The van der Waals surface area contributed by atoms with Crippen molar-refractivity contribution in [3.8, 4) is 5.75 Å². The van der Waals surface area contributed by atoms with Crippen LogP contribution in [-0.2, 0) is 6.61 Å². The minimum absolute atomic E-state index is 0.169. The lowest BCUT2D eigenvalue weighted by atomic mass is 10.2. The quantitative estimate of drug-likeness (QED) is 0.769. The summed E-state index contributed by atoms with van der Waals surface area (Å²) in [7, 11) is 1.47. The van der Waals surface area contributed by atoms with Crippen LogP contribution in [0.15, 0.2) is 17.0 Å². The van der Waals surface area contributed by atoms with Crippen molar-refractivity contribution in [1.29, 1.82) is 0 Å². The molecule has 72 valence electrons. The van der Waals surface area contributed by atoms with Gasteiger partial charge in [0.2, 0.25) is 0 Å². The van der Waals surface area contributed by atoms with E-state index < -0.39 is 0 Å². The third-order valence-electron chi connectivity index (χ3n) is 1.57. The molecule has 0 aliphatic rings. The van der Waals surface area contributed by atoms with Crippen LogP contribution in [0.5, 0.6) is 5.75 Å². The van der Waals surface area contributed by atoms with Crippen LogP contribution in [0.1, 0.15) is 5.56 Å². The van der Waals surface area contributed by atoms with Crippen LogP contribution in [0.25, 0.3) is 0 Å². The summed E-state index contributed by atoms with van der Waals surface area (Å²) < 4.78 is 13.9. The summed E-state index contributed by atoms with van der Waals surface area (Å²) in [6, 6.07) is 3.17. The molecule has 0 bridgehead atoms. The van der Waals surface area contributed by atoms with E-state index in [4.69, 9.17) is 26.0 Å². The largest absolute Gasteiger partial charge is 0.495 e. The molecule has 13 heavy (non-hydrogen) atoms. The van der Waals surface area contributed by atoms with Gasteiger partial charge in [0.15, 0.2) is 0 Å². The molecule has 0 atom stereocenters. The van der Waals surface area contributed by atoms with Crippen molar-refractivity contribution >= 4 is 23.6 Å². The van der Waals surface area contributed by atoms with Crippen molar-refractivity contribution in [2.24, 2.45) is 0 Å². The van der Waals surface area contributed by atoms with Gasteiger partial charge in [-0.25, -0.2) is 0 Å². The number of rotatable bonds is 3. The standard InChI is InChI=1S/C8H9ClO3S/c1-12-8-5(4-10)2-6(9)3-7(8)13-11/h2-3,10-11H,4H2,1H3. The number of ether oxygens (including phenoxy) is 1. The molecule has 0 aliphatic carbocycles. The van der Waals surface area contributed by atoms with Crippen LogP contribution in [0.4, 0.5) is 0 Å². The Kier molecular flexibility index (Phi) is 3.87. The summed E-state index contributed by atoms with van der Waals surface area (Å²) >= 11 is 6.29. The summed E-state index contributed by atoms with van der Waals surface area (Å²) in [6.07, 6.45) is 0. The maximum absolute atomic E-state index is 8.96. The van der Waals surface area contributed by atoms with Crippen LogP contribution in [0.3, 0.4) is 0 Å². The maximum atomic E-state index is 8.96. The summed E-state index contributed by atoms with van der Waals surface area (Å²) in [5, 5.41) is 9.42. The minimum Gasteiger partial charge on any atom is -0.495 e. The molecule has 0 aliphatic heterocycles. The number of benzene rings is 1. The molecule has 0 radical (unpaired) electrons. The molecule has 1 aromatic carbocycles. The van der Waals surface area contributed by atoms with Gasteiger partial charge in [-0.05, 0) is 12.1 Å². The molecule has 0 aromatic heterocycles. The van der Waals surface area contributed by atoms with E-state index in [1.54, 1.807) is 12.1 Å². The smallest absolute Gasteiger partial charge is 0.140 e. The van der Waals surface area contributed by atoms with Crippen LogP contribution < -0.4 is 4.74 Å². The van der Waals surface area contributed by atoms with E-state index in [0.717, 1.165) is 0 Å². The van der Waals surface area contributed by atoms with Crippen molar-refractivity contribution in [2.45, 2.75) is 11.5 Å². The molecule has 1 aromatic rings. The van der Waals surface area contributed by atoms with Gasteiger partial charge in [-0.3, -0.25) is 0 Å². The molecular weight excluding hydrogens is 212 g/mol. The summed E-state index contributed by atoms with van der Waals surface area (Å²) in [5.41, 5.74) is 0.562. The third kappa shape index (κ3) is 2.28. The van der Waals surface area contributed by atoms with Gasteiger partial charge >= 0.3 is 0 Å². The van der Waals surface area contributed by atoms with Crippen molar-refractivity contribution in [2.75, 3.05) is 7.11 Å². The Morgan fingerprint density at radius 1 is 1.54 bits per heavy atom. The van der Waals surface area contributed by atoms with Gasteiger partial charge in [0.25, 0.3) is 0 Å². The van der Waals surface area contributed by atoms with Gasteiger partial charge in [-0.1, -0.05) is 11.6 Å². The SMILES string of the molecule is COc1c(CO)cc(Cl)cc1SO. The molecule has 0 saturated heterocycles. The second-order valence-corrected chi connectivity index (χ2v) is 3.40. The number of aliphatic hydroxyl groups is 1. The first-order valence-electron chi connectivity index (χ1n) is 3.51. The number of hydrogen-bond donors (Lipinski definition) is 2. The van der Waals surface area contributed by atoms with Crippen molar-refractivity contribution in [1.82, 2.24) is 0 Å². The molecule has 0 saturated carbocycles. The van der Waals surface area contributed by atoms with Crippen LogP contribution in [0, 0.1) is 0 Å². The lowest BCUT2D eigenvalue weighted by Gasteiger charge is -2.10. The Morgan fingerprint density at radius 3 is 2.69 bits per heavy atom. The second-order valence-electron chi connectivity index (χ2n) is 2.35. The molecule has 3 nitrogen and oxygen atoms in total. The second kappa shape index (κ2) is 4.72. The summed E-state index contributed by atoms with van der Waals surface area (Å²) in [5.74, 6) is 0.458. The van der Waals surface area contributed by atoms with E-state index in [9.17, 15) is 0 Å². The summed E-state index contributed by atoms with van der Waals surface area (Å²) in [6.45, 7) is -0.169. The fraction of sp³-hybridized carbons (Fsp3) is 0.250. The Morgan fingerprint density at radius 2 is 2.23 bits per heavy atom. The highest BCUT2D eigenvalue weighted by molar-refractivity contribution is 7.93. The number of halogens is 1. The number of aliphatic hydroxyl groups excluding tert-OH is 1. The van der Waals surface area contributed by atoms with E-state index in [1.807, 2.05) is 0 Å². The lowest BCUT2D eigenvalue weighted by Crippen LogP contribution is -1.94. The molecule has 2 N–H and O–H groups in total. The van der Waals surface area contributed by atoms with Gasteiger partial charge < -0.3 is 14.4 Å². The zero-order chi connectivity index (χ0) is 9.84. The Balaban J connectivity index is 3.25. The topological polar surface area (TPSA) is 49.7 Å². The average molecular weight is 221 g/mol. The first-order chi connectivity index (χ1) is 6.22. The Hall–Kier alpha value is -0.420. The number of hydrogen-bond acceptors (Lipinski definition) is 4. The first-order valence-corrected chi connectivity index (χ1v) is 4.66. The highest BCUT2D eigenvalue weighted by Gasteiger charge is 2.10. The lowest BCUT2D eigenvalue weighted by molar-refractivity contribution is 0.272. The Bertz CT molecular complexity index is 278.